The van der Waals surface area contributed by atoms with Crippen molar-refractivity contribution in [3.8, 4) is 17.1 Å². The Morgan fingerprint density at radius 3 is 2.60 bits per heavy atom. The SMILES string of the molecule is Cc1ccc(-c2noc(CNC(=O)COc3ccc(I)cc3)n2)cc1. The van der Waals surface area contributed by atoms with Gasteiger partial charge in [-0.25, -0.2) is 0 Å². The molecule has 0 saturated heterocycles. The first kappa shape index (κ1) is 17.4. The van der Waals surface area contributed by atoms with Crippen molar-refractivity contribution in [2.75, 3.05) is 6.61 Å². The Labute approximate surface area is 158 Å². The third-order valence-corrected chi connectivity index (χ3v) is 4.12. The van der Waals surface area contributed by atoms with Gasteiger partial charge in [0.05, 0.1) is 6.54 Å². The van der Waals surface area contributed by atoms with E-state index in [1.54, 1.807) is 0 Å². The molecular weight excluding hydrogens is 433 g/mol. The summed E-state index contributed by atoms with van der Waals surface area (Å²) in [5.74, 6) is 1.24. The number of benzene rings is 2. The average molecular weight is 449 g/mol. The summed E-state index contributed by atoms with van der Waals surface area (Å²) >= 11 is 2.21. The summed E-state index contributed by atoms with van der Waals surface area (Å²) in [5, 5.41) is 6.62. The summed E-state index contributed by atoms with van der Waals surface area (Å²) in [7, 11) is 0. The lowest BCUT2D eigenvalue weighted by Gasteiger charge is -2.06. The number of amides is 1. The van der Waals surface area contributed by atoms with Crippen molar-refractivity contribution in [3.63, 3.8) is 0 Å². The van der Waals surface area contributed by atoms with Crippen LogP contribution in [0.4, 0.5) is 0 Å². The van der Waals surface area contributed by atoms with Crippen molar-refractivity contribution in [1.29, 1.82) is 0 Å². The molecule has 0 fully saturated rings. The second-order valence-electron chi connectivity index (χ2n) is 5.40. The molecule has 0 radical (unpaired) electrons. The molecule has 128 valence electrons. The molecule has 1 heterocycles. The van der Waals surface area contributed by atoms with Crippen LogP contribution >= 0.6 is 22.6 Å². The molecule has 2 aromatic carbocycles. The van der Waals surface area contributed by atoms with E-state index in [4.69, 9.17) is 9.26 Å². The van der Waals surface area contributed by atoms with Crippen LogP contribution in [0.2, 0.25) is 0 Å². The second-order valence-corrected chi connectivity index (χ2v) is 6.64. The highest BCUT2D eigenvalue weighted by Gasteiger charge is 2.10. The number of carbonyl (C=O) groups excluding carboxylic acids is 1. The molecule has 3 aromatic rings. The maximum atomic E-state index is 11.8. The lowest BCUT2D eigenvalue weighted by atomic mass is 10.1. The van der Waals surface area contributed by atoms with Crippen LogP contribution in [0, 0.1) is 10.5 Å². The van der Waals surface area contributed by atoms with Crippen molar-refractivity contribution >= 4 is 28.5 Å². The van der Waals surface area contributed by atoms with E-state index in [2.05, 4.69) is 38.0 Å². The van der Waals surface area contributed by atoms with E-state index in [1.807, 2.05) is 55.5 Å². The summed E-state index contributed by atoms with van der Waals surface area (Å²) in [6, 6.07) is 15.3. The third-order valence-electron chi connectivity index (χ3n) is 3.40. The van der Waals surface area contributed by atoms with Gasteiger partial charge >= 0.3 is 0 Å². The van der Waals surface area contributed by atoms with Gasteiger partial charge in [0.1, 0.15) is 5.75 Å². The fourth-order valence-electron chi connectivity index (χ4n) is 2.05. The van der Waals surface area contributed by atoms with E-state index in [1.165, 1.54) is 0 Å². The molecule has 0 atom stereocenters. The number of hydrogen-bond donors (Lipinski definition) is 1. The zero-order valence-corrected chi connectivity index (χ0v) is 15.7. The van der Waals surface area contributed by atoms with Gasteiger partial charge in [-0.05, 0) is 53.8 Å². The van der Waals surface area contributed by atoms with Crippen molar-refractivity contribution in [3.05, 3.63) is 63.6 Å². The molecule has 6 nitrogen and oxygen atoms in total. The Hall–Kier alpha value is -2.42. The second kappa shape index (κ2) is 8.11. The van der Waals surface area contributed by atoms with E-state index in [0.717, 1.165) is 14.7 Å². The lowest BCUT2D eigenvalue weighted by molar-refractivity contribution is -0.123. The number of aromatic nitrogens is 2. The Bertz CT molecular complexity index is 845. The summed E-state index contributed by atoms with van der Waals surface area (Å²) < 4.78 is 11.7. The largest absolute Gasteiger partial charge is 0.484 e. The number of aryl methyl sites for hydroxylation is 1. The van der Waals surface area contributed by atoms with Crippen LogP contribution in [-0.2, 0) is 11.3 Å². The topological polar surface area (TPSA) is 77.2 Å². The summed E-state index contributed by atoms with van der Waals surface area (Å²) in [4.78, 5) is 16.1. The van der Waals surface area contributed by atoms with Crippen LogP contribution in [0.3, 0.4) is 0 Å². The molecule has 1 amide bonds. The zero-order valence-electron chi connectivity index (χ0n) is 13.5. The minimum atomic E-state index is -0.256. The minimum Gasteiger partial charge on any atom is -0.484 e. The summed E-state index contributed by atoms with van der Waals surface area (Å²) in [5.41, 5.74) is 2.03. The van der Waals surface area contributed by atoms with E-state index in [-0.39, 0.29) is 19.1 Å². The number of nitrogens with zero attached hydrogens (tertiary/aromatic N) is 2. The molecule has 25 heavy (non-hydrogen) atoms. The van der Waals surface area contributed by atoms with E-state index in [0.29, 0.717) is 17.5 Å². The van der Waals surface area contributed by atoms with Gasteiger partial charge in [0.2, 0.25) is 11.7 Å². The number of nitrogens with one attached hydrogen (secondary N) is 1. The quantitative estimate of drug-likeness (QED) is 0.585. The van der Waals surface area contributed by atoms with E-state index >= 15 is 0 Å². The molecule has 0 unspecified atom stereocenters. The Kier molecular flexibility index (Phi) is 5.64. The number of hydrogen-bond acceptors (Lipinski definition) is 5. The Balaban J connectivity index is 1.49. The maximum Gasteiger partial charge on any atom is 0.258 e. The number of carbonyl (C=O) groups is 1. The molecule has 0 spiro atoms. The number of halogens is 1. The van der Waals surface area contributed by atoms with Crippen LogP contribution < -0.4 is 10.1 Å². The zero-order chi connectivity index (χ0) is 17.6. The van der Waals surface area contributed by atoms with E-state index < -0.39 is 0 Å². The van der Waals surface area contributed by atoms with Crippen LogP contribution in [0.25, 0.3) is 11.4 Å². The summed E-state index contributed by atoms with van der Waals surface area (Å²) in [6.07, 6.45) is 0. The standard InChI is InChI=1S/C18H16IN3O3/c1-12-2-4-13(5-3-12)18-21-17(25-22-18)10-20-16(23)11-24-15-8-6-14(19)7-9-15/h2-9H,10-11H2,1H3,(H,20,23). The number of rotatable bonds is 6. The van der Waals surface area contributed by atoms with E-state index in [9.17, 15) is 4.79 Å². The van der Waals surface area contributed by atoms with Gasteiger partial charge in [-0.1, -0.05) is 35.0 Å². The number of ether oxygens (including phenoxy) is 1. The van der Waals surface area contributed by atoms with Crippen LogP contribution in [-0.4, -0.2) is 22.7 Å². The highest BCUT2D eigenvalue weighted by atomic mass is 127. The maximum absolute atomic E-state index is 11.8. The molecule has 0 aliphatic carbocycles. The molecule has 1 aromatic heterocycles. The summed E-state index contributed by atoms with van der Waals surface area (Å²) in [6.45, 7) is 2.10. The molecule has 0 aliphatic heterocycles. The monoisotopic (exact) mass is 449 g/mol. The fraction of sp³-hybridized carbons (Fsp3) is 0.167. The molecule has 0 saturated carbocycles. The van der Waals surface area contributed by atoms with Gasteiger partial charge in [-0.2, -0.15) is 4.98 Å². The minimum absolute atomic E-state index is 0.0699. The molecule has 0 aliphatic rings. The van der Waals surface area contributed by atoms with Crippen LogP contribution in [0.1, 0.15) is 11.5 Å². The predicted molar refractivity (Wildman–Crippen MR) is 101 cm³/mol. The van der Waals surface area contributed by atoms with Gasteiger partial charge in [0, 0.05) is 9.13 Å². The average Bonchev–Trinajstić information content (AvgIpc) is 3.09. The van der Waals surface area contributed by atoms with Crippen LogP contribution in [0.5, 0.6) is 5.75 Å². The molecule has 0 bridgehead atoms. The predicted octanol–water partition coefficient (Wildman–Crippen LogP) is 3.34. The van der Waals surface area contributed by atoms with Crippen molar-refractivity contribution in [1.82, 2.24) is 15.5 Å². The van der Waals surface area contributed by atoms with Crippen molar-refractivity contribution < 1.29 is 14.1 Å². The molecular formula is C18H16IN3O3. The third kappa shape index (κ3) is 5.02. The highest BCUT2D eigenvalue weighted by Crippen LogP contribution is 2.16. The molecule has 3 rings (SSSR count). The lowest BCUT2D eigenvalue weighted by Crippen LogP contribution is -2.28. The smallest absolute Gasteiger partial charge is 0.258 e. The Morgan fingerprint density at radius 1 is 1.16 bits per heavy atom. The molecule has 1 N–H and O–H groups in total. The first-order chi connectivity index (χ1) is 12.1. The fourth-order valence-corrected chi connectivity index (χ4v) is 2.41. The van der Waals surface area contributed by atoms with Gasteiger partial charge in [0.15, 0.2) is 6.61 Å². The van der Waals surface area contributed by atoms with Gasteiger partial charge in [-0.3, -0.25) is 4.79 Å². The first-order valence-electron chi connectivity index (χ1n) is 7.65. The van der Waals surface area contributed by atoms with Crippen LogP contribution in [0.15, 0.2) is 53.1 Å². The normalized spacial score (nSPS) is 10.5. The van der Waals surface area contributed by atoms with Crippen molar-refractivity contribution in [2.24, 2.45) is 0 Å². The first-order valence-corrected chi connectivity index (χ1v) is 8.73. The Morgan fingerprint density at radius 2 is 1.88 bits per heavy atom. The highest BCUT2D eigenvalue weighted by molar-refractivity contribution is 14.1. The van der Waals surface area contributed by atoms with Gasteiger partial charge in [0.25, 0.3) is 5.91 Å². The van der Waals surface area contributed by atoms with Crippen molar-refractivity contribution in [2.45, 2.75) is 13.5 Å². The van der Waals surface area contributed by atoms with Gasteiger partial charge in [-0.15, -0.1) is 0 Å². The molecule has 7 heteroatoms. The van der Waals surface area contributed by atoms with Gasteiger partial charge < -0.3 is 14.6 Å².